The van der Waals surface area contributed by atoms with Crippen LogP contribution in [0.3, 0.4) is 0 Å². The lowest BCUT2D eigenvalue weighted by Crippen LogP contribution is -2.23. The zero-order chi connectivity index (χ0) is 13.8. The maximum Gasteiger partial charge on any atom is 0.254 e. The van der Waals surface area contributed by atoms with Gasteiger partial charge in [0.25, 0.3) is 5.91 Å². The van der Waals surface area contributed by atoms with Gasteiger partial charge in [-0.05, 0) is 52.2 Å². The van der Waals surface area contributed by atoms with Gasteiger partial charge in [0.15, 0.2) is 0 Å². The van der Waals surface area contributed by atoms with E-state index in [1.165, 1.54) is 6.07 Å². The number of nitrogens with one attached hydrogen (secondary N) is 1. The number of rotatable bonds is 3. The lowest BCUT2D eigenvalue weighted by molar-refractivity contribution is 0.0949. The van der Waals surface area contributed by atoms with Crippen LogP contribution in [0.4, 0.5) is 4.39 Å². The second-order valence-electron chi connectivity index (χ2n) is 4.11. The molecule has 0 spiro atoms. The van der Waals surface area contributed by atoms with E-state index in [2.05, 4.69) is 26.2 Å². The first kappa shape index (κ1) is 13.7. The van der Waals surface area contributed by atoms with Crippen molar-refractivity contribution in [2.24, 2.45) is 0 Å². The SMILES string of the molecule is Cc1ccc(CNC(=O)c2cccnc2Br)cc1F. The van der Waals surface area contributed by atoms with Crippen molar-refractivity contribution in [3.8, 4) is 0 Å². The smallest absolute Gasteiger partial charge is 0.254 e. The van der Waals surface area contributed by atoms with E-state index >= 15 is 0 Å². The van der Waals surface area contributed by atoms with E-state index in [9.17, 15) is 9.18 Å². The van der Waals surface area contributed by atoms with Crippen LogP contribution in [0.15, 0.2) is 41.1 Å². The summed E-state index contributed by atoms with van der Waals surface area (Å²) in [6.07, 6.45) is 1.59. The number of hydrogen-bond donors (Lipinski definition) is 1. The Morgan fingerprint density at radius 1 is 1.42 bits per heavy atom. The van der Waals surface area contributed by atoms with Crippen LogP contribution < -0.4 is 5.32 Å². The van der Waals surface area contributed by atoms with Gasteiger partial charge in [0, 0.05) is 12.7 Å². The number of hydrogen-bond acceptors (Lipinski definition) is 2. The van der Waals surface area contributed by atoms with Crippen molar-refractivity contribution in [1.29, 1.82) is 0 Å². The Balaban J connectivity index is 2.04. The van der Waals surface area contributed by atoms with Gasteiger partial charge in [-0.25, -0.2) is 9.37 Å². The van der Waals surface area contributed by atoms with Crippen LogP contribution in [-0.2, 0) is 6.54 Å². The average Bonchev–Trinajstić information content (AvgIpc) is 2.40. The number of benzene rings is 1. The fourth-order valence-corrected chi connectivity index (χ4v) is 2.01. The summed E-state index contributed by atoms with van der Waals surface area (Å²) in [4.78, 5) is 15.9. The van der Waals surface area contributed by atoms with Crippen molar-refractivity contribution in [3.63, 3.8) is 0 Å². The number of nitrogens with zero attached hydrogens (tertiary/aromatic N) is 1. The van der Waals surface area contributed by atoms with Gasteiger partial charge >= 0.3 is 0 Å². The van der Waals surface area contributed by atoms with Gasteiger partial charge in [0.2, 0.25) is 0 Å². The molecule has 2 aromatic rings. The molecule has 0 fully saturated rings. The maximum absolute atomic E-state index is 13.4. The minimum atomic E-state index is -0.269. The molecule has 2 rings (SSSR count). The van der Waals surface area contributed by atoms with E-state index < -0.39 is 0 Å². The molecule has 1 heterocycles. The first-order valence-electron chi connectivity index (χ1n) is 5.71. The zero-order valence-electron chi connectivity index (χ0n) is 10.3. The first-order chi connectivity index (χ1) is 9.08. The molecule has 0 saturated carbocycles. The minimum Gasteiger partial charge on any atom is -0.348 e. The highest BCUT2D eigenvalue weighted by atomic mass is 79.9. The van der Waals surface area contributed by atoms with E-state index in [1.54, 1.807) is 37.4 Å². The molecule has 3 nitrogen and oxygen atoms in total. The Hall–Kier alpha value is -1.75. The van der Waals surface area contributed by atoms with Crippen molar-refractivity contribution < 1.29 is 9.18 Å². The highest BCUT2D eigenvalue weighted by Crippen LogP contribution is 2.13. The molecule has 0 aliphatic carbocycles. The summed E-state index contributed by atoms with van der Waals surface area (Å²) >= 11 is 3.21. The minimum absolute atomic E-state index is 0.249. The quantitative estimate of drug-likeness (QED) is 0.881. The zero-order valence-corrected chi connectivity index (χ0v) is 11.9. The van der Waals surface area contributed by atoms with Gasteiger partial charge in [0.1, 0.15) is 10.4 Å². The number of halogens is 2. The summed E-state index contributed by atoms with van der Waals surface area (Å²) in [5, 5.41) is 2.73. The third kappa shape index (κ3) is 3.38. The van der Waals surface area contributed by atoms with Crippen molar-refractivity contribution in [1.82, 2.24) is 10.3 Å². The van der Waals surface area contributed by atoms with Crippen LogP contribution in [0.1, 0.15) is 21.5 Å². The lowest BCUT2D eigenvalue weighted by Gasteiger charge is -2.07. The molecule has 1 aromatic carbocycles. The topological polar surface area (TPSA) is 42.0 Å². The van der Waals surface area contributed by atoms with Crippen molar-refractivity contribution >= 4 is 21.8 Å². The third-order valence-corrected chi connectivity index (χ3v) is 3.32. The average molecular weight is 323 g/mol. The molecule has 0 bridgehead atoms. The number of amides is 1. The molecule has 0 atom stereocenters. The summed E-state index contributed by atoms with van der Waals surface area (Å²) in [5.41, 5.74) is 1.76. The van der Waals surface area contributed by atoms with Gasteiger partial charge in [-0.15, -0.1) is 0 Å². The van der Waals surface area contributed by atoms with Crippen LogP contribution in [-0.4, -0.2) is 10.9 Å². The van der Waals surface area contributed by atoms with Gasteiger partial charge in [-0.2, -0.15) is 0 Å². The molecule has 1 N–H and O–H groups in total. The molecule has 1 amide bonds. The molecular weight excluding hydrogens is 311 g/mol. The van der Waals surface area contributed by atoms with Crippen LogP contribution in [0.25, 0.3) is 0 Å². The predicted molar refractivity (Wildman–Crippen MR) is 74.2 cm³/mol. The molecule has 1 aromatic heterocycles. The summed E-state index contributed by atoms with van der Waals surface area (Å²) in [5.74, 6) is -0.518. The first-order valence-corrected chi connectivity index (χ1v) is 6.51. The number of carbonyl (C=O) groups is 1. The Morgan fingerprint density at radius 3 is 2.89 bits per heavy atom. The Morgan fingerprint density at radius 2 is 2.21 bits per heavy atom. The molecular formula is C14H12BrFN2O. The van der Waals surface area contributed by atoms with Crippen LogP contribution in [0.2, 0.25) is 0 Å². The van der Waals surface area contributed by atoms with E-state index in [4.69, 9.17) is 0 Å². The number of aromatic nitrogens is 1. The standard InChI is InChI=1S/C14H12BrFN2O/c1-9-4-5-10(7-12(9)16)8-18-14(19)11-3-2-6-17-13(11)15/h2-7H,8H2,1H3,(H,18,19). The summed E-state index contributed by atoms with van der Waals surface area (Å²) in [7, 11) is 0. The molecule has 0 unspecified atom stereocenters. The predicted octanol–water partition coefficient (Wildman–Crippen LogP) is 3.22. The molecule has 5 heteroatoms. The molecule has 0 saturated heterocycles. The highest BCUT2D eigenvalue weighted by Gasteiger charge is 2.10. The van der Waals surface area contributed by atoms with Gasteiger partial charge in [0.05, 0.1) is 5.56 Å². The summed E-state index contributed by atoms with van der Waals surface area (Å²) < 4.78 is 13.8. The van der Waals surface area contributed by atoms with Crippen molar-refractivity contribution in [2.75, 3.05) is 0 Å². The normalized spacial score (nSPS) is 10.3. The van der Waals surface area contributed by atoms with Crippen molar-refractivity contribution in [2.45, 2.75) is 13.5 Å². The highest BCUT2D eigenvalue weighted by molar-refractivity contribution is 9.10. The van der Waals surface area contributed by atoms with E-state index in [-0.39, 0.29) is 18.3 Å². The molecule has 0 aliphatic heterocycles. The number of pyridine rings is 1. The second kappa shape index (κ2) is 5.93. The Bertz CT molecular complexity index is 616. The second-order valence-corrected chi connectivity index (χ2v) is 4.86. The fourth-order valence-electron chi connectivity index (χ4n) is 1.58. The molecule has 98 valence electrons. The maximum atomic E-state index is 13.4. The van der Waals surface area contributed by atoms with Gasteiger partial charge in [-0.1, -0.05) is 12.1 Å². The van der Waals surface area contributed by atoms with E-state index in [1.807, 2.05) is 0 Å². The van der Waals surface area contributed by atoms with E-state index in [0.717, 1.165) is 5.56 Å². The van der Waals surface area contributed by atoms with Crippen LogP contribution in [0.5, 0.6) is 0 Å². The monoisotopic (exact) mass is 322 g/mol. The fraction of sp³-hybridized carbons (Fsp3) is 0.143. The van der Waals surface area contributed by atoms with Crippen molar-refractivity contribution in [3.05, 3.63) is 63.6 Å². The number of aryl methyl sites for hydroxylation is 1. The Kier molecular flexibility index (Phi) is 4.27. The lowest BCUT2D eigenvalue weighted by atomic mass is 10.1. The van der Waals surface area contributed by atoms with Gasteiger partial charge < -0.3 is 5.32 Å². The third-order valence-electron chi connectivity index (χ3n) is 2.69. The summed E-state index contributed by atoms with van der Waals surface area (Å²) in [6.45, 7) is 1.97. The van der Waals surface area contributed by atoms with E-state index in [0.29, 0.717) is 15.7 Å². The molecule has 19 heavy (non-hydrogen) atoms. The molecule has 0 aliphatic rings. The van der Waals surface area contributed by atoms with Gasteiger partial charge in [-0.3, -0.25) is 4.79 Å². The summed E-state index contributed by atoms with van der Waals surface area (Å²) in [6, 6.07) is 8.26. The van der Waals surface area contributed by atoms with Crippen LogP contribution >= 0.6 is 15.9 Å². The van der Waals surface area contributed by atoms with Crippen LogP contribution in [0, 0.1) is 12.7 Å². The number of carbonyl (C=O) groups excluding carboxylic acids is 1. The largest absolute Gasteiger partial charge is 0.348 e. The molecule has 0 radical (unpaired) electrons. The Labute approximate surface area is 119 Å².